The number of ether oxygens (including phenoxy) is 1. The van der Waals surface area contributed by atoms with Crippen molar-refractivity contribution in [2.45, 2.75) is 32.7 Å². The fourth-order valence-electron chi connectivity index (χ4n) is 2.01. The number of hydrogen-bond donors (Lipinski definition) is 0. The van der Waals surface area contributed by atoms with Crippen LogP contribution in [-0.4, -0.2) is 10.7 Å². The molecular weight excluding hydrogens is 331 g/mol. The monoisotopic (exact) mass is 345 g/mol. The van der Waals surface area contributed by atoms with Crippen molar-refractivity contribution in [1.29, 1.82) is 0 Å². The molecule has 0 saturated carbocycles. The summed E-state index contributed by atoms with van der Waals surface area (Å²) in [7, 11) is 0. The normalized spacial score (nSPS) is 11.8. The number of pyridine rings is 1. The zero-order valence-electron chi connectivity index (χ0n) is 12.5. The largest absolute Gasteiger partial charge is 0.491 e. The van der Waals surface area contributed by atoms with Crippen molar-refractivity contribution in [2.75, 3.05) is 0 Å². The zero-order chi connectivity index (χ0) is 17.2. The first-order valence-corrected chi connectivity index (χ1v) is 7.27. The van der Waals surface area contributed by atoms with Crippen LogP contribution in [-0.2, 0) is 12.7 Å². The lowest BCUT2D eigenvalue weighted by Gasteiger charge is -2.13. The van der Waals surface area contributed by atoms with E-state index in [4.69, 9.17) is 16.3 Å². The quantitative estimate of drug-likeness (QED) is 0.824. The van der Waals surface area contributed by atoms with E-state index < -0.39 is 22.3 Å². The van der Waals surface area contributed by atoms with Gasteiger partial charge in [-0.1, -0.05) is 23.7 Å². The number of alkyl halides is 3. The summed E-state index contributed by atoms with van der Waals surface area (Å²) in [6.45, 7) is 3.76. The third-order valence-electron chi connectivity index (χ3n) is 3.02. The Kier molecular flexibility index (Phi) is 5.04. The molecule has 0 aliphatic heterocycles. The lowest BCUT2D eigenvalue weighted by Crippen LogP contribution is -2.23. The van der Waals surface area contributed by atoms with Crippen molar-refractivity contribution >= 4 is 11.6 Å². The van der Waals surface area contributed by atoms with Gasteiger partial charge in [-0.15, -0.1) is 0 Å². The Bertz CT molecular complexity index is 736. The number of aromatic nitrogens is 1. The van der Waals surface area contributed by atoms with Crippen molar-refractivity contribution in [2.24, 2.45) is 0 Å². The fraction of sp³-hybridized carbons (Fsp3) is 0.312. The zero-order valence-corrected chi connectivity index (χ0v) is 13.3. The van der Waals surface area contributed by atoms with Crippen LogP contribution < -0.4 is 10.3 Å². The Morgan fingerprint density at radius 2 is 1.83 bits per heavy atom. The van der Waals surface area contributed by atoms with E-state index in [1.54, 1.807) is 24.3 Å². The maximum absolute atomic E-state index is 12.8. The topological polar surface area (TPSA) is 31.2 Å². The molecule has 0 atom stereocenters. The highest BCUT2D eigenvalue weighted by Crippen LogP contribution is 2.29. The first-order valence-electron chi connectivity index (χ1n) is 6.89. The number of nitrogens with zero attached hydrogens (tertiary/aromatic N) is 1. The van der Waals surface area contributed by atoms with E-state index in [9.17, 15) is 18.0 Å². The molecule has 0 aliphatic rings. The Morgan fingerprint density at radius 1 is 1.22 bits per heavy atom. The molecule has 0 bridgehead atoms. The van der Waals surface area contributed by atoms with Gasteiger partial charge < -0.3 is 9.30 Å². The van der Waals surface area contributed by atoms with E-state index in [1.807, 2.05) is 13.8 Å². The minimum Gasteiger partial charge on any atom is -0.491 e. The van der Waals surface area contributed by atoms with Gasteiger partial charge in [0.25, 0.3) is 5.56 Å². The van der Waals surface area contributed by atoms with Gasteiger partial charge in [0.2, 0.25) is 0 Å². The van der Waals surface area contributed by atoms with Crippen LogP contribution in [0.5, 0.6) is 5.75 Å². The summed E-state index contributed by atoms with van der Waals surface area (Å²) in [6.07, 6.45) is -3.77. The summed E-state index contributed by atoms with van der Waals surface area (Å²) in [5, 5.41) is -0.459. The molecule has 0 N–H and O–H groups in total. The maximum Gasteiger partial charge on any atom is 0.417 e. The number of hydrogen-bond acceptors (Lipinski definition) is 2. The minimum absolute atomic E-state index is 0.00949. The van der Waals surface area contributed by atoms with Gasteiger partial charge in [0.05, 0.1) is 18.2 Å². The number of rotatable bonds is 4. The Hall–Kier alpha value is -1.95. The third-order valence-corrected chi connectivity index (χ3v) is 3.29. The van der Waals surface area contributed by atoms with Crippen LogP contribution in [0.2, 0.25) is 5.02 Å². The van der Waals surface area contributed by atoms with Crippen LogP contribution in [0.25, 0.3) is 0 Å². The van der Waals surface area contributed by atoms with E-state index in [2.05, 4.69) is 0 Å². The fourth-order valence-corrected chi connectivity index (χ4v) is 2.24. The molecule has 1 heterocycles. The van der Waals surface area contributed by atoms with Gasteiger partial charge in [0, 0.05) is 6.20 Å². The molecule has 0 unspecified atom stereocenters. The molecule has 2 rings (SSSR count). The highest BCUT2D eigenvalue weighted by Gasteiger charge is 2.32. The summed E-state index contributed by atoms with van der Waals surface area (Å²) in [5.74, 6) is 0.651. The van der Waals surface area contributed by atoms with Gasteiger partial charge >= 0.3 is 6.18 Å². The Labute approximate surface area is 136 Å². The minimum atomic E-state index is -4.56. The van der Waals surface area contributed by atoms with Crippen molar-refractivity contribution in [3.63, 3.8) is 0 Å². The molecule has 0 aliphatic carbocycles. The lowest BCUT2D eigenvalue weighted by atomic mass is 10.2. The molecule has 1 aromatic carbocycles. The Morgan fingerprint density at radius 3 is 2.35 bits per heavy atom. The first-order chi connectivity index (χ1) is 10.7. The second-order valence-corrected chi connectivity index (χ2v) is 5.73. The Balaban J connectivity index is 2.29. The molecule has 124 valence electrons. The maximum atomic E-state index is 12.8. The molecule has 0 fully saturated rings. The molecule has 0 radical (unpaired) electrons. The van der Waals surface area contributed by atoms with Gasteiger partial charge in [-0.2, -0.15) is 13.2 Å². The van der Waals surface area contributed by atoms with E-state index >= 15 is 0 Å². The van der Waals surface area contributed by atoms with E-state index in [0.29, 0.717) is 17.4 Å². The predicted molar refractivity (Wildman–Crippen MR) is 82.0 cm³/mol. The van der Waals surface area contributed by atoms with Crippen molar-refractivity contribution < 1.29 is 17.9 Å². The highest BCUT2D eigenvalue weighted by molar-refractivity contribution is 6.30. The van der Waals surface area contributed by atoms with Crippen LogP contribution in [0, 0.1) is 0 Å². The molecule has 3 nitrogen and oxygen atoms in total. The van der Waals surface area contributed by atoms with Crippen LogP contribution in [0.1, 0.15) is 25.0 Å². The van der Waals surface area contributed by atoms with Crippen molar-refractivity contribution in [3.8, 4) is 5.75 Å². The lowest BCUT2D eigenvalue weighted by molar-refractivity contribution is -0.138. The smallest absolute Gasteiger partial charge is 0.417 e. The molecular formula is C16H15ClF3NO2. The SMILES string of the molecule is CC(C)Oc1ccc(Cn2cc(C(F)(F)F)cc(Cl)c2=O)cc1. The summed E-state index contributed by atoms with van der Waals surface area (Å²) in [6, 6.07) is 7.43. The molecule has 7 heteroatoms. The standard InChI is InChI=1S/C16H15ClF3NO2/c1-10(2)23-13-5-3-11(4-6-13)8-21-9-12(16(18,19)20)7-14(17)15(21)22/h3-7,9-10H,8H2,1-2H3. The average Bonchev–Trinajstić information content (AvgIpc) is 2.44. The van der Waals surface area contributed by atoms with Crippen LogP contribution >= 0.6 is 11.6 Å². The van der Waals surface area contributed by atoms with Gasteiger partial charge in [0.15, 0.2) is 0 Å². The average molecular weight is 346 g/mol. The molecule has 0 saturated heterocycles. The van der Waals surface area contributed by atoms with Crippen LogP contribution in [0.3, 0.4) is 0 Å². The number of halogens is 4. The first kappa shape index (κ1) is 17.4. The van der Waals surface area contributed by atoms with E-state index in [1.165, 1.54) is 0 Å². The molecule has 1 aromatic heterocycles. The highest BCUT2D eigenvalue weighted by atomic mass is 35.5. The third kappa shape index (κ3) is 4.51. The molecule has 0 amide bonds. The summed E-state index contributed by atoms with van der Waals surface area (Å²) < 4.78 is 44.8. The summed E-state index contributed by atoms with van der Waals surface area (Å²) in [5.41, 5.74) is -0.956. The predicted octanol–water partition coefficient (Wildman–Crippen LogP) is 4.36. The van der Waals surface area contributed by atoms with Crippen molar-refractivity contribution in [3.05, 3.63) is 63.0 Å². The molecule has 23 heavy (non-hydrogen) atoms. The van der Waals surface area contributed by atoms with Crippen LogP contribution in [0.4, 0.5) is 13.2 Å². The van der Waals surface area contributed by atoms with Gasteiger partial charge in [-0.25, -0.2) is 0 Å². The van der Waals surface area contributed by atoms with E-state index in [0.717, 1.165) is 10.8 Å². The van der Waals surface area contributed by atoms with Gasteiger partial charge in [-0.05, 0) is 37.6 Å². The second kappa shape index (κ2) is 6.66. The van der Waals surface area contributed by atoms with Crippen molar-refractivity contribution in [1.82, 2.24) is 4.57 Å². The number of benzene rings is 1. The summed E-state index contributed by atoms with van der Waals surface area (Å²) in [4.78, 5) is 11.9. The van der Waals surface area contributed by atoms with Gasteiger partial charge in [-0.3, -0.25) is 4.79 Å². The second-order valence-electron chi connectivity index (χ2n) is 5.32. The molecule has 0 spiro atoms. The van der Waals surface area contributed by atoms with E-state index in [-0.39, 0.29) is 12.6 Å². The van der Waals surface area contributed by atoms with Gasteiger partial charge in [0.1, 0.15) is 10.8 Å². The molecule has 2 aromatic rings. The van der Waals surface area contributed by atoms with Crippen LogP contribution in [0.15, 0.2) is 41.3 Å². The summed E-state index contributed by atoms with van der Waals surface area (Å²) >= 11 is 5.62.